The first-order valence-corrected chi connectivity index (χ1v) is 8.16. The maximum atomic E-state index is 12.6. The lowest BCUT2D eigenvalue weighted by molar-refractivity contribution is -0.384. The van der Waals surface area contributed by atoms with Crippen LogP contribution in [0.15, 0.2) is 47.4 Å². The van der Waals surface area contributed by atoms with Crippen LogP contribution in [0.25, 0.3) is 0 Å². The summed E-state index contributed by atoms with van der Waals surface area (Å²) in [6.07, 6.45) is 0. The molecule has 0 N–H and O–H groups in total. The molecule has 0 saturated heterocycles. The first-order valence-electron chi connectivity index (χ1n) is 6.34. The van der Waals surface area contributed by atoms with Crippen molar-refractivity contribution in [1.82, 2.24) is 0 Å². The molecule has 122 valence electrons. The van der Waals surface area contributed by atoms with Gasteiger partial charge in [0.05, 0.1) is 27.6 Å². The van der Waals surface area contributed by atoms with Crippen LogP contribution in [0.2, 0.25) is 5.02 Å². The zero-order valence-electron chi connectivity index (χ0n) is 12.3. The first-order chi connectivity index (χ1) is 10.8. The molecule has 0 aliphatic rings. The average molecular weight is 357 g/mol. The number of ether oxygens (including phenoxy) is 1. The van der Waals surface area contributed by atoms with Crippen LogP contribution < -0.4 is 9.04 Å². The van der Waals surface area contributed by atoms with Crippen molar-refractivity contribution in [3.63, 3.8) is 0 Å². The fourth-order valence-corrected chi connectivity index (χ4v) is 3.33. The average Bonchev–Trinajstić information content (AvgIpc) is 2.54. The van der Waals surface area contributed by atoms with E-state index in [1.165, 1.54) is 32.4 Å². The Labute approximate surface area is 138 Å². The molecule has 9 heteroatoms. The molecule has 2 aromatic carbocycles. The van der Waals surface area contributed by atoms with Gasteiger partial charge < -0.3 is 4.74 Å². The van der Waals surface area contributed by atoms with Gasteiger partial charge in [-0.3, -0.25) is 14.4 Å². The maximum Gasteiger partial charge on any atom is 0.269 e. The summed E-state index contributed by atoms with van der Waals surface area (Å²) in [7, 11) is -1.03. The zero-order valence-corrected chi connectivity index (χ0v) is 13.8. The van der Waals surface area contributed by atoms with Crippen LogP contribution in [0.3, 0.4) is 0 Å². The maximum absolute atomic E-state index is 12.6. The van der Waals surface area contributed by atoms with Crippen molar-refractivity contribution >= 4 is 33.0 Å². The standard InChI is InChI=1S/C14H13ClN2O5S/c1-16(11-5-8-14(22-2)13(15)9-11)23(20,21)12-6-3-10(4-7-12)17(18)19/h3-9H,1-2H3. The van der Waals surface area contributed by atoms with Crippen molar-refractivity contribution in [3.05, 3.63) is 57.6 Å². The van der Waals surface area contributed by atoms with Gasteiger partial charge >= 0.3 is 0 Å². The number of nitro groups is 1. The molecule has 0 radical (unpaired) electrons. The highest BCUT2D eigenvalue weighted by atomic mass is 35.5. The number of benzene rings is 2. The Morgan fingerprint density at radius 2 is 1.78 bits per heavy atom. The fourth-order valence-electron chi connectivity index (χ4n) is 1.89. The van der Waals surface area contributed by atoms with Crippen LogP contribution in [0, 0.1) is 10.1 Å². The molecule has 0 bridgehead atoms. The van der Waals surface area contributed by atoms with Gasteiger partial charge in [-0.1, -0.05) is 11.6 Å². The van der Waals surface area contributed by atoms with E-state index in [1.807, 2.05) is 0 Å². The van der Waals surface area contributed by atoms with Crippen LogP contribution in [-0.2, 0) is 10.0 Å². The van der Waals surface area contributed by atoms with Crippen LogP contribution in [0.4, 0.5) is 11.4 Å². The predicted molar refractivity (Wildman–Crippen MR) is 86.7 cm³/mol. The number of anilines is 1. The highest BCUT2D eigenvalue weighted by molar-refractivity contribution is 7.92. The summed E-state index contributed by atoms with van der Waals surface area (Å²) in [6, 6.07) is 9.23. The molecule has 0 aliphatic carbocycles. The van der Waals surface area contributed by atoms with E-state index < -0.39 is 14.9 Å². The van der Waals surface area contributed by atoms with Gasteiger partial charge in [-0.25, -0.2) is 8.42 Å². The molecule has 0 fully saturated rings. The monoisotopic (exact) mass is 356 g/mol. The summed E-state index contributed by atoms with van der Waals surface area (Å²) in [4.78, 5) is 9.98. The Morgan fingerprint density at radius 1 is 1.17 bits per heavy atom. The van der Waals surface area contributed by atoms with Crippen molar-refractivity contribution in [2.24, 2.45) is 0 Å². The van der Waals surface area contributed by atoms with Crippen LogP contribution in [-0.4, -0.2) is 27.5 Å². The van der Waals surface area contributed by atoms with Gasteiger partial charge in [-0.05, 0) is 30.3 Å². The SMILES string of the molecule is COc1ccc(N(C)S(=O)(=O)c2ccc([N+](=O)[O-])cc2)cc1Cl. The lowest BCUT2D eigenvalue weighted by atomic mass is 10.3. The molecule has 0 aliphatic heterocycles. The second kappa shape index (κ2) is 6.43. The summed E-state index contributed by atoms with van der Waals surface area (Å²) >= 11 is 6.00. The van der Waals surface area contributed by atoms with E-state index in [2.05, 4.69) is 0 Å². The van der Waals surface area contributed by atoms with Crippen LogP contribution >= 0.6 is 11.6 Å². The largest absolute Gasteiger partial charge is 0.495 e. The van der Waals surface area contributed by atoms with E-state index in [0.717, 1.165) is 16.4 Å². The number of hydrogen-bond acceptors (Lipinski definition) is 5. The topological polar surface area (TPSA) is 89.8 Å². The minimum Gasteiger partial charge on any atom is -0.495 e. The summed E-state index contributed by atoms with van der Waals surface area (Å²) < 4.78 is 31.2. The van der Waals surface area contributed by atoms with Gasteiger partial charge in [0.25, 0.3) is 15.7 Å². The number of non-ortho nitro benzene ring substituents is 1. The van der Waals surface area contributed by atoms with Gasteiger partial charge in [0, 0.05) is 19.2 Å². The molecule has 0 unspecified atom stereocenters. The van der Waals surface area contributed by atoms with E-state index in [4.69, 9.17) is 16.3 Å². The van der Waals surface area contributed by atoms with Gasteiger partial charge in [0.2, 0.25) is 0 Å². The Hall–Kier alpha value is -2.32. The Balaban J connectivity index is 2.38. The third-order valence-corrected chi connectivity index (χ3v) is 5.30. The second-order valence-electron chi connectivity index (χ2n) is 4.54. The fraction of sp³-hybridized carbons (Fsp3) is 0.143. The van der Waals surface area contributed by atoms with Gasteiger partial charge in [0.15, 0.2) is 0 Å². The third-order valence-electron chi connectivity index (χ3n) is 3.20. The Bertz CT molecular complexity index is 837. The minimum absolute atomic E-state index is 0.0578. The molecule has 0 heterocycles. The van der Waals surface area contributed by atoms with E-state index >= 15 is 0 Å². The van der Waals surface area contributed by atoms with Gasteiger partial charge in [0.1, 0.15) is 5.75 Å². The van der Waals surface area contributed by atoms with Crippen molar-refractivity contribution in [2.75, 3.05) is 18.5 Å². The second-order valence-corrected chi connectivity index (χ2v) is 6.92. The first kappa shape index (κ1) is 17.0. The van der Waals surface area contributed by atoms with E-state index in [9.17, 15) is 18.5 Å². The Morgan fingerprint density at radius 3 is 2.26 bits per heavy atom. The summed E-state index contributed by atoms with van der Waals surface area (Å²) in [5.74, 6) is 0.427. The highest BCUT2D eigenvalue weighted by Crippen LogP contribution is 2.31. The predicted octanol–water partition coefficient (Wildman–Crippen LogP) is 3.08. The Kier molecular flexibility index (Phi) is 4.76. The number of halogens is 1. The zero-order chi connectivity index (χ0) is 17.2. The van der Waals surface area contributed by atoms with Crippen molar-refractivity contribution in [2.45, 2.75) is 4.90 Å². The summed E-state index contributed by atoms with van der Waals surface area (Å²) in [5, 5.41) is 10.9. The van der Waals surface area contributed by atoms with E-state index in [0.29, 0.717) is 11.4 Å². The smallest absolute Gasteiger partial charge is 0.269 e. The van der Waals surface area contributed by atoms with Crippen LogP contribution in [0.5, 0.6) is 5.75 Å². The molecule has 0 spiro atoms. The lowest BCUT2D eigenvalue weighted by Gasteiger charge is -2.20. The molecule has 0 saturated carbocycles. The number of sulfonamides is 1. The van der Waals surface area contributed by atoms with Crippen molar-refractivity contribution < 1.29 is 18.1 Å². The molecular weight excluding hydrogens is 344 g/mol. The summed E-state index contributed by atoms with van der Waals surface area (Å²) in [5.41, 5.74) is 0.160. The molecule has 0 aromatic heterocycles. The molecule has 0 atom stereocenters. The molecule has 2 aromatic rings. The highest BCUT2D eigenvalue weighted by Gasteiger charge is 2.22. The van der Waals surface area contributed by atoms with E-state index in [1.54, 1.807) is 12.1 Å². The normalized spacial score (nSPS) is 11.1. The van der Waals surface area contributed by atoms with Crippen molar-refractivity contribution in [1.29, 1.82) is 0 Å². The molecule has 7 nitrogen and oxygen atoms in total. The van der Waals surface area contributed by atoms with E-state index in [-0.39, 0.29) is 15.6 Å². The number of nitrogens with zero attached hydrogens (tertiary/aromatic N) is 2. The third kappa shape index (κ3) is 3.38. The van der Waals surface area contributed by atoms with Crippen molar-refractivity contribution in [3.8, 4) is 5.75 Å². The summed E-state index contributed by atoms with van der Waals surface area (Å²) in [6.45, 7) is 0. The lowest BCUT2D eigenvalue weighted by Crippen LogP contribution is -2.26. The number of nitro benzene ring substituents is 1. The van der Waals surface area contributed by atoms with Gasteiger partial charge in [-0.2, -0.15) is 0 Å². The number of methoxy groups -OCH3 is 1. The quantitative estimate of drug-likeness (QED) is 0.606. The van der Waals surface area contributed by atoms with Gasteiger partial charge in [-0.15, -0.1) is 0 Å². The minimum atomic E-state index is -3.86. The molecular formula is C14H13ClN2O5S. The molecule has 23 heavy (non-hydrogen) atoms. The molecule has 0 amide bonds. The van der Waals surface area contributed by atoms with Crippen LogP contribution in [0.1, 0.15) is 0 Å². The number of hydrogen-bond donors (Lipinski definition) is 0. The number of rotatable bonds is 5. The molecule has 2 rings (SSSR count).